The van der Waals surface area contributed by atoms with Gasteiger partial charge in [0.25, 0.3) is 0 Å². The molecule has 7 heteroatoms. The topological polar surface area (TPSA) is 62.5 Å². The molecule has 0 spiro atoms. The Morgan fingerprint density at radius 1 is 1.21 bits per heavy atom. The standard InChI is InChI=1S/C21H27FN4O2/c1-25-10-5-7-16(14-25)21(27)26-11-4-6-15(13-26)12-19-23-20(24-28-19)17-8-2-3-9-18(17)22/h2-3,8-9,15-16H,4-7,10-14H2,1H3. The lowest BCUT2D eigenvalue weighted by Gasteiger charge is -2.37. The Morgan fingerprint density at radius 2 is 2.04 bits per heavy atom. The van der Waals surface area contributed by atoms with Crippen LogP contribution < -0.4 is 0 Å². The lowest BCUT2D eigenvalue weighted by molar-refractivity contribution is -0.139. The summed E-state index contributed by atoms with van der Waals surface area (Å²) in [7, 11) is 2.08. The lowest BCUT2D eigenvalue weighted by Crippen LogP contribution is -2.47. The van der Waals surface area contributed by atoms with Crippen LogP contribution in [0.5, 0.6) is 0 Å². The summed E-state index contributed by atoms with van der Waals surface area (Å²) in [4.78, 5) is 21.6. The first-order valence-corrected chi connectivity index (χ1v) is 10.1. The fraction of sp³-hybridized carbons (Fsp3) is 0.571. The molecule has 2 atom stereocenters. The monoisotopic (exact) mass is 386 g/mol. The van der Waals surface area contributed by atoms with E-state index in [4.69, 9.17) is 4.52 Å². The van der Waals surface area contributed by atoms with Gasteiger partial charge in [0.15, 0.2) is 0 Å². The molecule has 2 fully saturated rings. The van der Waals surface area contributed by atoms with Gasteiger partial charge in [-0.15, -0.1) is 0 Å². The van der Waals surface area contributed by atoms with Gasteiger partial charge in [-0.05, 0) is 57.3 Å². The van der Waals surface area contributed by atoms with E-state index in [0.29, 0.717) is 23.8 Å². The second-order valence-electron chi connectivity index (χ2n) is 8.09. The highest BCUT2D eigenvalue weighted by molar-refractivity contribution is 5.79. The minimum absolute atomic E-state index is 0.119. The third kappa shape index (κ3) is 4.24. The average Bonchev–Trinajstić information content (AvgIpc) is 3.16. The molecule has 0 aliphatic carbocycles. The Labute approximate surface area is 164 Å². The van der Waals surface area contributed by atoms with E-state index >= 15 is 0 Å². The summed E-state index contributed by atoms with van der Waals surface area (Å²) in [5.74, 6) is 1.13. The maximum atomic E-state index is 13.9. The van der Waals surface area contributed by atoms with Gasteiger partial charge in [-0.3, -0.25) is 4.79 Å². The zero-order chi connectivity index (χ0) is 19.5. The number of amides is 1. The number of hydrogen-bond donors (Lipinski definition) is 0. The highest BCUT2D eigenvalue weighted by Crippen LogP contribution is 2.26. The molecule has 2 unspecified atom stereocenters. The van der Waals surface area contributed by atoms with Crippen molar-refractivity contribution in [1.29, 1.82) is 0 Å². The van der Waals surface area contributed by atoms with Gasteiger partial charge < -0.3 is 14.3 Å². The summed E-state index contributed by atoms with van der Waals surface area (Å²) in [5, 5.41) is 3.94. The summed E-state index contributed by atoms with van der Waals surface area (Å²) in [6.07, 6.45) is 4.72. The normalized spacial score (nSPS) is 23.7. The Morgan fingerprint density at radius 3 is 2.86 bits per heavy atom. The Kier molecular flexibility index (Phi) is 5.71. The molecular formula is C21H27FN4O2. The minimum Gasteiger partial charge on any atom is -0.342 e. The molecule has 150 valence electrons. The summed E-state index contributed by atoms with van der Waals surface area (Å²) >= 11 is 0. The number of nitrogens with zero attached hydrogens (tertiary/aromatic N) is 4. The van der Waals surface area contributed by atoms with Crippen LogP contribution in [0.1, 0.15) is 31.6 Å². The van der Waals surface area contributed by atoms with Crippen LogP contribution >= 0.6 is 0 Å². The second kappa shape index (κ2) is 8.39. The first-order chi connectivity index (χ1) is 13.6. The van der Waals surface area contributed by atoms with Gasteiger partial charge in [-0.2, -0.15) is 4.98 Å². The number of hydrogen-bond acceptors (Lipinski definition) is 5. The molecule has 1 aromatic carbocycles. The van der Waals surface area contributed by atoms with Gasteiger partial charge in [-0.25, -0.2) is 4.39 Å². The van der Waals surface area contributed by atoms with E-state index in [1.165, 1.54) is 6.07 Å². The van der Waals surface area contributed by atoms with Crippen LogP contribution in [0, 0.1) is 17.7 Å². The van der Waals surface area contributed by atoms with Crippen LogP contribution in [0.3, 0.4) is 0 Å². The number of rotatable bonds is 4. The average molecular weight is 386 g/mol. The van der Waals surface area contributed by atoms with Crippen molar-refractivity contribution in [3.63, 3.8) is 0 Å². The third-order valence-corrected chi connectivity index (χ3v) is 5.85. The van der Waals surface area contributed by atoms with Crippen molar-refractivity contribution in [2.45, 2.75) is 32.1 Å². The van der Waals surface area contributed by atoms with Crippen LogP contribution in [-0.2, 0) is 11.2 Å². The SMILES string of the molecule is CN1CCCC(C(=O)N2CCCC(Cc3nc(-c4ccccc4F)no3)C2)C1. The Balaban J connectivity index is 1.38. The van der Waals surface area contributed by atoms with Gasteiger partial charge in [0, 0.05) is 26.1 Å². The summed E-state index contributed by atoms with van der Waals surface area (Å²) < 4.78 is 19.3. The number of carbonyl (C=O) groups is 1. The summed E-state index contributed by atoms with van der Waals surface area (Å²) in [6, 6.07) is 6.42. The van der Waals surface area contributed by atoms with E-state index in [2.05, 4.69) is 22.1 Å². The maximum Gasteiger partial charge on any atom is 0.227 e. The van der Waals surface area contributed by atoms with Crippen LogP contribution in [0.15, 0.2) is 28.8 Å². The molecule has 1 amide bonds. The van der Waals surface area contributed by atoms with Crippen LogP contribution in [-0.4, -0.2) is 59.1 Å². The molecule has 1 aromatic heterocycles. The number of aromatic nitrogens is 2. The molecule has 0 N–H and O–H groups in total. The van der Waals surface area contributed by atoms with Crippen molar-refractivity contribution >= 4 is 5.91 Å². The fourth-order valence-electron chi connectivity index (χ4n) is 4.39. The first kappa shape index (κ1) is 19.1. The third-order valence-electron chi connectivity index (χ3n) is 5.85. The quantitative estimate of drug-likeness (QED) is 0.808. The molecular weight excluding hydrogens is 359 g/mol. The second-order valence-corrected chi connectivity index (χ2v) is 8.09. The number of benzene rings is 1. The van der Waals surface area contributed by atoms with Gasteiger partial charge >= 0.3 is 0 Å². The van der Waals surface area contributed by atoms with E-state index in [1.54, 1.807) is 18.2 Å². The van der Waals surface area contributed by atoms with Crippen molar-refractivity contribution < 1.29 is 13.7 Å². The largest absolute Gasteiger partial charge is 0.342 e. The summed E-state index contributed by atoms with van der Waals surface area (Å²) in [5.41, 5.74) is 0.347. The van der Waals surface area contributed by atoms with E-state index in [1.807, 2.05) is 4.90 Å². The van der Waals surface area contributed by atoms with E-state index < -0.39 is 0 Å². The van der Waals surface area contributed by atoms with E-state index in [9.17, 15) is 9.18 Å². The number of likely N-dealkylation sites (tertiary alicyclic amines) is 2. The van der Waals surface area contributed by atoms with Gasteiger partial charge in [0.1, 0.15) is 5.82 Å². The van der Waals surface area contributed by atoms with Crippen LogP contribution in [0.25, 0.3) is 11.4 Å². The van der Waals surface area contributed by atoms with Gasteiger partial charge in [0.05, 0.1) is 11.5 Å². The molecule has 0 radical (unpaired) electrons. The molecule has 2 aliphatic heterocycles. The van der Waals surface area contributed by atoms with Gasteiger partial charge in [-0.1, -0.05) is 17.3 Å². The number of piperidine rings is 2. The van der Waals surface area contributed by atoms with E-state index in [-0.39, 0.29) is 23.5 Å². The Hall–Kier alpha value is -2.28. The lowest BCUT2D eigenvalue weighted by atomic mass is 9.91. The molecule has 0 saturated carbocycles. The smallest absolute Gasteiger partial charge is 0.227 e. The van der Waals surface area contributed by atoms with Crippen LogP contribution in [0.4, 0.5) is 4.39 Å². The van der Waals surface area contributed by atoms with Crippen molar-refractivity contribution in [2.75, 3.05) is 33.2 Å². The number of carbonyl (C=O) groups excluding carboxylic acids is 1. The molecule has 3 heterocycles. The van der Waals surface area contributed by atoms with Crippen molar-refractivity contribution in [1.82, 2.24) is 19.9 Å². The highest BCUT2D eigenvalue weighted by Gasteiger charge is 2.31. The molecule has 2 aromatic rings. The molecule has 0 bridgehead atoms. The maximum absolute atomic E-state index is 13.9. The molecule has 2 aliphatic rings. The molecule has 2 saturated heterocycles. The zero-order valence-electron chi connectivity index (χ0n) is 16.3. The van der Waals surface area contributed by atoms with Crippen molar-refractivity contribution in [3.8, 4) is 11.4 Å². The predicted octanol–water partition coefficient (Wildman–Crippen LogP) is 3.00. The fourth-order valence-corrected chi connectivity index (χ4v) is 4.39. The molecule has 4 rings (SSSR count). The summed E-state index contributed by atoms with van der Waals surface area (Å²) in [6.45, 7) is 3.50. The Bertz CT molecular complexity index is 824. The van der Waals surface area contributed by atoms with E-state index in [0.717, 1.165) is 51.9 Å². The van der Waals surface area contributed by atoms with Crippen molar-refractivity contribution in [3.05, 3.63) is 36.0 Å². The first-order valence-electron chi connectivity index (χ1n) is 10.1. The molecule has 6 nitrogen and oxygen atoms in total. The molecule has 28 heavy (non-hydrogen) atoms. The van der Waals surface area contributed by atoms with Crippen LogP contribution in [0.2, 0.25) is 0 Å². The number of halogens is 1. The van der Waals surface area contributed by atoms with Crippen molar-refractivity contribution in [2.24, 2.45) is 11.8 Å². The zero-order valence-corrected chi connectivity index (χ0v) is 16.3. The van der Waals surface area contributed by atoms with Gasteiger partial charge in [0.2, 0.25) is 17.6 Å². The minimum atomic E-state index is -0.360. The highest BCUT2D eigenvalue weighted by atomic mass is 19.1. The predicted molar refractivity (Wildman–Crippen MR) is 103 cm³/mol.